The number of nitrogens with one attached hydrogen (secondary N) is 2. The van der Waals surface area contributed by atoms with Crippen LogP contribution in [0.4, 0.5) is 0 Å². The Morgan fingerprint density at radius 2 is 2.50 bits per heavy atom. The normalized spacial score (nSPS) is 21.8. The van der Waals surface area contributed by atoms with Crippen molar-refractivity contribution in [2.75, 3.05) is 6.54 Å². The first-order valence-corrected chi connectivity index (χ1v) is 4.82. The van der Waals surface area contributed by atoms with Gasteiger partial charge in [0.1, 0.15) is 0 Å². The first kappa shape index (κ1) is 9.36. The molecule has 1 atom stereocenters. The van der Waals surface area contributed by atoms with Gasteiger partial charge < -0.3 is 9.84 Å². The van der Waals surface area contributed by atoms with Crippen LogP contribution in [0, 0.1) is 4.84 Å². The smallest absolute Gasteiger partial charge is 0.314 e. The summed E-state index contributed by atoms with van der Waals surface area (Å²) in [4.78, 5) is 4.18. The number of H-pyrrole nitrogens is 1. The molecule has 0 spiro atoms. The molecule has 2 rings (SSSR count). The number of aromatic nitrogens is 2. The van der Waals surface area contributed by atoms with Crippen molar-refractivity contribution < 1.29 is 4.52 Å². The molecule has 0 saturated carbocycles. The van der Waals surface area contributed by atoms with E-state index in [1.807, 2.05) is 12.2 Å². The highest BCUT2D eigenvalue weighted by Gasteiger charge is 2.06. The van der Waals surface area contributed by atoms with E-state index in [2.05, 4.69) is 28.5 Å². The number of hydrogen-bond donors (Lipinski definition) is 2. The second-order valence-corrected chi connectivity index (χ2v) is 3.56. The average Bonchev–Trinajstić information content (AvgIpc) is 2.72. The molecule has 14 heavy (non-hydrogen) atoms. The lowest BCUT2D eigenvalue weighted by atomic mass is 10.2. The molecule has 1 aromatic rings. The first-order valence-electron chi connectivity index (χ1n) is 4.42. The first-order chi connectivity index (χ1) is 6.74. The number of rotatable bonds is 2. The predicted molar refractivity (Wildman–Crippen MR) is 56.3 cm³/mol. The SMILES string of the molecule is C[C@@H]1C=C(/C=C/c2nc(=S)o[nH]2)CN1. The van der Waals surface area contributed by atoms with Crippen molar-refractivity contribution in [2.24, 2.45) is 0 Å². The van der Waals surface area contributed by atoms with E-state index in [0.717, 1.165) is 6.54 Å². The van der Waals surface area contributed by atoms with Crippen LogP contribution in [-0.4, -0.2) is 22.7 Å². The number of nitrogens with zero attached hydrogens (tertiary/aromatic N) is 1. The van der Waals surface area contributed by atoms with Crippen molar-refractivity contribution in [3.8, 4) is 0 Å². The van der Waals surface area contributed by atoms with Gasteiger partial charge >= 0.3 is 4.84 Å². The molecule has 0 fully saturated rings. The highest BCUT2D eigenvalue weighted by molar-refractivity contribution is 7.71. The molecule has 4 nitrogen and oxygen atoms in total. The minimum absolute atomic E-state index is 0.233. The van der Waals surface area contributed by atoms with E-state index in [9.17, 15) is 0 Å². The molecule has 74 valence electrons. The Balaban J connectivity index is 2.07. The second-order valence-electron chi connectivity index (χ2n) is 3.21. The van der Waals surface area contributed by atoms with E-state index in [4.69, 9.17) is 16.7 Å². The molecule has 0 saturated heterocycles. The summed E-state index contributed by atoms with van der Waals surface area (Å²) in [5, 5.41) is 5.91. The highest BCUT2D eigenvalue weighted by atomic mass is 32.1. The van der Waals surface area contributed by atoms with Crippen molar-refractivity contribution in [1.29, 1.82) is 0 Å². The topological polar surface area (TPSA) is 53.9 Å². The standard InChI is InChI=1S/C9H11N3OS/c1-6-4-7(5-10-6)2-3-8-11-9(14)13-12-8/h2-4,6,10H,5H2,1H3,(H,11,12,14)/b3-2+/t6-/m1/s1. The maximum absolute atomic E-state index is 4.79. The maximum atomic E-state index is 4.79. The van der Waals surface area contributed by atoms with Gasteiger partial charge in [-0.2, -0.15) is 4.98 Å². The van der Waals surface area contributed by atoms with Crippen LogP contribution in [0.5, 0.6) is 0 Å². The van der Waals surface area contributed by atoms with E-state index in [1.54, 1.807) is 0 Å². The van der Waals surface area contributed by atoms with Crippen LogP contribution in [0.2, 0.25) is 0 Å². The molecule has 0 aliphatic carbocycles. The summed E-state index contributed by atoms with van der Waals surface area (Å²) in [7, 11) is 0. The van der Waals surface area contributed by atoms with E-state index < -0.39 is 0 Å². The van der Waals surface area contributed by atoms with Crippen molar-refractivity contribution in [2.45, 2.75) is 13.0 Å². The molecule has 2 heterocycles. The molecule has 0 amide bonds. The van der Waals surface area contributed by atoms with Gasteiger partial charge in [0.2, 0.25) is 0 Å². The van der Waals surface area contributed by atoms with Crippen LogP contribution < -0.4 is 5.32 Å². The Labute approximate surface area is 86.7 Å². The van der Waals surface area contributed by atoms with E-state index >= 15 is 0 Å². The van der Waals surface area contributed by atoms with Crippen molar-refractivity contribution in [1.82, 2.24) is 15.5 Å². The Bertz CT molecular complexity index is 429. The third-order valence-electron chi connectivity index (χ3n) is 2.00. The van der Waals surface area contributed by atoms with Gasteiger partial charge in [-0.25, -0.2) is 5.16 Å². The monoisotopic (exact) mass is 209 g/mol. The third kappa shape index (κ3) is 2.18. The Kier molecular flexibility index (Phi) is 2.60. The lowest BCUT2D eigenvalue weighted by molar-refractivity contribution is 0.403. The van der Waals surface area contributed by atoms with Crippen LogP contribution in [0.25, 0.3) is 6.08 Å². The fourth-order valence-electron chi connectivity index (χ4n) is 1.33. The quantitative estimate of drug-likeness (QED) is 0.727. The molecule has 1 aromatic heterocycles. The van der Waals surface area contributed by atoms with E-state index in [-0.39, 0.29) is 4.84 Å². The van der Waals surface area contributed by atoms with Crippen LogP contribution in [0.1, 0.15) is 12.7 Å². The lowest BCUT2D eigenvalue weighted by Crippen LogP contribution is -2.17. The fraction of sp³-hybridized carbons (Fsp3) is 0.333. The Morgan fingerprint density at radius 3 is 3.07 bits per heavy atom. The van der Waals surface area contributed by atoms with Crippen LogP contribution in [-0.2, 0) is 0 Å². The summed E-state index contributed by atoms with van der Waals surface area (Å²) >= 11 is 4.73. The number of hydrogen-bond acceptors (Lipinski definition) is 4. The molecule has 0 bridgehead atoms. The minimum Gasteiger partial charge on any atom is -0.348 e. The summed E-state index contributed by atoms with van der Waals surface area (Å²) in [6, 6.07) is 0.449. The molecule has 0 unspecified atom stereocenters. The molecule has 0 aromatic carbocycles. The molecule has 5 heteroatoms. The minimum atomic E-state index is 0.233. The van der Waals surface area contributed by atoms with E-state index in [0.29, 0.717) is 11.9 Å². The Hall–Kier alpha value is -1.20. The maximum Gasteiger partial charge on any atom is 0.314 e. The zero-order valence-electron chi connectivity index (χ0n) is 7.78. The van der Waals surface area contributed by atoms with Crippen LogP contribution in [0.3, 0.4) is 0 Å². The van der Waals surface area contributed by atoms with Gasteiger partial charge in [-0.05, 0) is 30.8 Å². The molecular formula is C9H11N3OS. The van der Waals surface area contributed by atoms with Gasteiger partial charge in [-0.15, -0.1) is 0 Å². The lowest BCUT2D eigenvalue weighted by Gasteiger charge is -1.94. The summed E-state index contributed by atoms with van der Waals surface area (Å²) in [6.07, 6.45) is 6.02. The predicted octanol–water partition coefficient (Wildman–Crippen LogP) is 1.66. The number of aromatic amines is 1. The zero-order chi connectivity index (χ0) is 9.97. The van der Waals surface area contributed by atoms with Crippen LogP contribution >= 0.6 is 12.2 Å². The molecule has 2 N–H and O–H groups in total. The van der Waals surface area contributed by atoms with Gasteiger partial charge in [-0.3, -0.25) is 0 Å². The van der Waals surface area contributed by atoms with Gasteiger partial charge in [0.15, 0.2) is 5.82 Å². The second kappa shape index (κ2) is 3.89. The van der Waals surface area contributed by atoms with Crippen molar-refractivity contribution in [3.05, 3.63) is 28.4 Å². The fourth-order valence-corrected chi connectivity index (χ4v) is 1.47. The van der Waals surface area contributed by atoms with Gasteiger partial charge in [0, 0.05) is 12.6 Å². The van der Waals surface area contributed by atoms with Crippen molar-refractivity contribution >= 4 is 18.3 Å². The van der Waals surface area contributed by atoms with Crippen LogP contribution in [0.15, 0.2) is 22.2 Å². The largest absolute Gasteiger partial charge is 0.348 e. The molecule has 0 radical (unpaired) electrons. The summed E-state index contributed by atoms with van der Waals surface area (Å²) < 4.78 is 4.79. The third-order valence-corrected chi connectivity index (χ3v) is 2.18. The Morgan fingerprint density at radius 1 is 1.64 bits per heavy atom. The van der Waals surface area contributed by atoms with Gasteiger partial charge in [0.25, 0.3) is 0 Å². The zero-order valence-corrected chi connectivity index (χ0v) is 8.60. The van der Waals surface area contributed by atoms with Gasteiger partial charge in [0.05, 0.1) is 0 Å². The van der Waals surface area contributed by atoms with Crippen molar-refractivity contribution in [3.63, 3.8) is 0 Å². The molecular weight excluding hydrogens is 198 g/mol. The summed E-state index contributed by atoms with van der Waals surface area (Å²) in [5.41, 5.74) is 1.25. The highest BCUT2D eigenvalue weighted by Crippen LogP contribution is 2.07. The molecule has 1 aliphatic rings. The summed E-state index contributed by atoms with van der Waals surface area (Å²) in [6.45, 7) is 3.01. The molecule has 1 aliphatic heterocycles. The summed E-state index contributed by atoms with van der Waals surface area (Å²) in [5.74, 6) is 0.649. The average molecular weight is 209 g/mol. The van der Waals surface area contributed by atoms with E-state index in [1.165, 1.54) is 5.57 Å². The van der Waals surface area contributed by atoms with Gasteiger partial charge in [-0.1, -0.05) is 12.2 Å².